The number of nitriles is 7. The van der Waals surface area contributed by atoms with Crippen LogP contribution in [0, 0.1) is 91.0 Å². The van der Waals surface area contributed by atoms with Crippen molar-refractivity contribution in [3.05, 3.63) is 115 Å². The van der Waals surface area contributed by atoms with E-state index in [0.717, 1.165) is 18.2 Å². The van der Waals surface area contributed by atoms with E-state index in [-0.39, 0.29) is 5.56 Å². The SMILES string of the molecule is N#CC(C#N)=C1C(c2ccc(C(F)(F)F)cc2)=C(C#N)c2c(F)c3c(c(F)c21)C(=C(C#N)C#N)C(c1ccc(C#N)c(C(F)(F)F)c1)=C3C#N. The van der Waals surface area contributed by atoms with E-state index < -0.39 is 113 Å². The Kier molecular flexibility index (Phi) is 8.08. The van der Waals surface area contributed by atoms with Crippen molar-refractivity contribution in [2.75, 3.05) is 0 Å². The van der Waals surface area contributed by atoms with Crippen molar-refractivity contribution in [3.63, 3.8) is 0 Å². The number of nitrogens with zero attached hydrogens (tertiary/aromatic N) is 7. The predicted molar refractivity (Wildman–Crippen MR) is 155 cm³/mol. The zero-order chi connectivity index (χ0) is 36.9. The highest BCUT2D eigenvalue weighted by molar-refractivity contribution is 6.30. The smallest absolute Gasteiger partial charge is 0.206 e. The van der Waals surface area contributed by atoms with Gasteiger partial charge in [-0.3, -0.25) is 0 Å². The standard InChI is InChI=1S/C35H7F8N7/c36-32-28-21(13-49)24(15-3-5-20(6-4-15)34(38,39)40)26(18(9-45)10-46)30(28)33(37)31-27(19(11-47)12-48)25(22(14-50)29(31)32)16-1-2-17(8-44)23(7-16)35(41,42)43/h1-7H. The largest absolute Gasteiger partial charge is 0.417 e. The van der Waals surface area contributed by atoms with Crippen molar-refractivity contribution < 1.29 is 35.1 Å². The van der Waals surface area contributed by atoms with Crippen molar-refractivity contribution >= 4 is 33.4 Å². The zero-order valence-electron chi connectivity index (χ0n) is 24.2. The van der Waals surface area contributed by atoms with E-state index in [1.165, 1.54) is 30.3 Å². The van der Waals surface area contributed by atoms with E-state index in [1.54, 1.807) is 12.1 Å². The van der Waals surface area contributed by atoms with Crippen LogP contribution < -0.4 is 0 Å². The summed E-state index contributed by atoms with van der Waals surface area (Å²) in [4.78, 5) is 0. The first-order valence-corrected chi connectivity index (χ1v) is 13.4. The Hall–Kier alpha value is -7.51. The Morgan fingerprint density at radius 3 is 1.30 bits per heavy atom. The number of fused-ring (bicyclic) bond motifs is 2. The van der Waals surface area contributed by atoms with Crippen LogP contribution >= 0.6 is 0 Å². The average molecular weight is 677 g/mol. The molecule has 0 saturated carbocycles. The molecule has 0 radical (unpaired) electrons. The summed E-state index contributed by atoms with van der Waals surface area (Å²) in [6, 6.07) is 15.1. The lowest BCUT2D eigenvalue weighted by Gasteiger charge is -2.15. The van der Waals surface area contributed by atoms with Crippen LogP contribution in [0.25, 0.3) is 33.4 Å². The summed E-state index contributed by atoms with van der Waals surface area (Å²) in [5.74, 6) is -3.21. The quantitative estimate of drug-likeness (QED) is 0.194. The first-order chi connectivity index (χ1) is 23.6. The van der Waals surface area contributed by atoms with Crippen LogP contribution in [0.3, 0.4) is 0 Å². The number of hydrogen-bond donors (Lipinski definition) is 0. The van der Waals surface area contributed by atoms with Crippen LogP contribution in [0.2, 0.25) is 0 Å². The fourth-order valence-electron chi connectivity index (χ4n) is 5.81. The van der Waals surface area contributed by atoms with Crippen molar-refractivity contribution in [1.29, 1.82) is 36.8 Å². The maximum atomic E-state index is 17.1. The molecule has 0 heterocycles. The van der Waals surface area contributed by atoms with Gasteiger partial charge < -0.3 is 0 Å². The van der Waals surface area contributed by atoms with Crippen LogP contribution in [-0.4, -0.2) is 0 Å². The molecular formula is C35H7F8N7. The van der Waals surface area contributed by atoms with Crippen molar-refractivity contribution in [1.82, 2.24) is 0 Å². The highest BCUT2D eigenvalue weighted by Crippen LogP contribution is 2.57. The summed E-state index contributed by atoms with van der Waals surface area (Å²) in [7, 11) is 0. The Bertz CT molecular complexity index is 2500. The van der Waals surface area contributed by atoms with Gasteiger partial charge in [0.05, 0.1) is 33.9 Å². The van der Waals surface area contributed by atoms with Gasteiger partial charge in [0.25, 0.3) is 0 Å². The van der Waals surface area contributed by atoms with E-state index >= 15 is 8.78 Å². The first-order valence-electron chi connectivity index (χ1n) is 13.4. The molecule has 7 nitrogen and oxygen atoms in total. The average Bonchev–Trinajstić information content (AvgIpc) is 3.62. The molecule has 3 aromatic rings. The summed E-state index contributed by atoms with van der Waals surface area (Å²) in [6.07, 6.45) is -9.97. The monoisotopic (exact) mass is 677 g/mol. The van der Waals surface area contributed by atoms with Gasteiger partial charge in [-0.05, 0) is 35.4 Å². The second-order valence-corrected chi connectivity index (χ2v) is 10.2. The third kappa shape index (κ3) is 4.90. The number of rotatable bonds is 2. The molecule has 0 spiro atoms. The minimum Gasteiger partial charge on any atom is -0.206 e. The number of hydrogen-bond acceptors (Lipinski definition) is 7. The molecule has 0 aliphatic heterocycles. The summed E-state index contributed by atoms with van der Waals surface area (Å²) < 4.78 is 116. The third-order valence-corrected chi connectivity index (χ3v) is 7.78. The second-order valence-electron chi connectivity index (χ2n) is 10.2. The van der Waals surface area contributed by atoms with Gasteiger partial charge in [0.1, 0.15) is 59.2 Å². The van der Waals surface area contributed by atoms with E-state index in [0.29, 0.717) is 24.3 Å². The van der Waals surface area contributed by atoms with Gasteiger partial charge in [0.2, 0.25) is 0 Å². The number of allylic oxidation sites excluding steroid dienone is 8. The van der Waals surface area contributed by atoms with Crippen LogP contribution in [0.15, 0.2) is 53.6 Å². The van der Waals surface area contributed by atoms with E-state index in [1.807, 2.05) is 0 Å². The van der Waals surface area contributed by atoms with Gasteiger partial charge in [0, 0.05) is 44.5 Å². The van der Waals surface area contributed by atoms with E-state index in [4.69, 9.17) is 0 Å². The summed E-state index contributed by atoms with van der Waals surface area (Å²) in [5.41, 5.74) is -14.8. The highest BCUT2D eigenvalue weighted by Gasteiger charge is 2.45. The fourth-order valence-corrected chi connectivity index (χ4v) is 5.81. The van der Waals surface area contributed by atoms with Gasteiger partial charge in [-0.1, -0.05) is 18.2 Å². The molecule has 50 heavy (non-hydrogen) atoms. The van der Waals surface area contributed by atoms with Crippen molar-refractivity contribution in [3.8, 4) is 42.5 Å². The van der Waals surface area contributed by atoms with Gasteiger partial charge >= 0.3 is 12.4 Å². The lowest BCUT2D eigenvalue weighted by Crippen LogP contribution is -2.08. The van der Waals surface area contributed by atoms with Crippen LogP contribution in [0.1, 0.15) is 50.1 Å². The van der Waals surface area contributed by atoms with Gasteiger partial charge in [-0.25, -0.2) is 8.78 Å². The van der Waals surface area contributed by atoms with Crippen molar-refractivity contribution in [2.45, 2.75) is 12.4 Å². The number of halogens is 8. The molecule has 0 fully saturated rings. The molecule has 0 bridgehead atoms. The molecule has 0 amide bonds. The highest BCUT2D eigenvalue weighted by atomic mass is 19.4. The van der Waals surface area contributed by atoms with Crippen LogP contribution in [-0.2, 0) is 12.4 Å². The van der Waals surface area contributed by atoms with E-state index in [2.05, 4.69) is 0 Å². The Morgan fingerprint density at radius 2 is 0.920 bits per heavy atom. The Morgan fingerprint density at radius 1 is 0.500 bits per heavy atom. The molecule has 3 aromatic carbocycles. The molecule has 5 rings (SSSR count). The lowest BCUT2D eigenvalue weighted by atomic mass is 9.87. The summed E-state index contributed by atoms with van der Waals surface area (Å²) in [6.45, 7) is 0. The molecule has 0 unspecified atom stereocenters. The molecule has 2 aliphatic rings. The Balaban J connectivity index is 1.99. The molecule has 2 aliphatic carbocycles. The molecule has 0 saturated heterocycles. The Labute approximate surface area is 275 Å². The van der Waals surface area contributed by atoms with Gasteiger partial charge in [0.15, 0.2) is 0 Å². The van der Waals surface area contributed by atoms with E-state index in [9.17, 15) is 63.2 Å². The van der Waals surface area contributed by atoms with Gasteiger partial charge in [-0.15, -0.1) is 0 Å². The molecule has 15 heteroatoms. The summed E-state index contributed by atoms with van der Waals surface area (Å²) >= 11 is 0. The minimum absolute atomic E-state index is 0.290. The maximum absolute atomic E-state index is 17.1. The van der Waals surface area contributed by atoms with Crippen molar-refractivity contribution in [2.24, 2.45) is 0 Å². The fraction of sp³-hybridized carbons (Fsp3) is 0.0571. The third-order valence-electron chi connectivity index (χ3n) is 7.78. The normalized spacial score (nSPS) is 13.2. The maximum Gasteiger partial charge on any atom is 0.417 e. The lowest BCUT2D eigenvalue weighted by molar-refractivity contribution is -0.138. The van der Waals surface area contributed by atoms with Crippen LogP contribution in [0.4, 0.5) is 35.1 Å². The minimum atomic E-state index is -5.15. The zero-order valence-corrected chi connectivity index (χ0v) is 24.2. The first kappa shape index (κ1) is 33.8. The second kappa shape index (κ2) is 11.9. The predicted octanol–water partition coefficient (Wildman–Crippen LogP) is 8.37. The molecule has 0 atom stereocenters. The molecule has 238 valence electrons. The summed E-state index contributed by atoms with van der Waals surface area (Å²) in [5, 5.41) is 68.9. The topological polar surface area (TPSA) is 167 Å². The molecule has 0 aromatic heterocycles. The number of benzene rings is 3. The molecular weight excluding hydrogens is 670 g/mol. The van der Waals surface area contributed by atoms with Gasteiger partial charge in [-0.2, -0.15) is 63.2 Å². The number of alkyl halides is 6. The molecule has 0 N–H and O–H groups in total. The van der Waals surface area contributed by atoms with Crippen LogP contribution in [0.5, 0.6) is 0 Å².